The number of aromatic nitrogens is 2. The molecule has 0 saturated carbocycles. The van der Waals surface area contributed by atoms with Crippen LogP contribution in [0.2, 0.25) is 0 Å². The first kappa shape index (κ1) is 31.7. The second-order valence-corrected chi connectivity index (χ2v) is 14.9. The van der Waals surface area contributed by atoms with E-state index in [0.29, 0.717) is 0 Å². The SMILES string of the molecule is c1cc(-c2cc(-c3ccc4ccc5cccnc5c4n3)cc(-c3cccc4c3oc3ccccc34)c2)cc(-c2ccc3c4ccccc4c4ccccc4c3c2)c1. The quantitative estimate of drug-likeness (QED) is 0.170. The molecule has 0 atom stereocenters. The van der Waals surface area contributed by atoms with Crippen molar-refractivity contribution >= 4 is 76.1 Å². The number of hydrogen-bond acceptors (Lipinski definition) is 3. The van der Waals surface area contributed by atoms with Gasteiger partial charge in [0.05, 0.1) is 16.7 Å². The van der Waals surface area contributed by atoms with Crippen molar-refractivity contribution in [2.75, 3.05) is 0 Å². The Bertz CT molecular complexity index is 3560. The second kappa shape index (κ2) is 12.5. The van der Waals surface area contributed by atoms with Crippen LogP contribution < -0.4 is 0 Å². The van der Waals surface area contributed by atoms with Crippen LogP contribution in [0.3, 0.4) is 0 Å². The van der Waals surface area contributed by atoms with E-state index in [1.807, 2.05) is 24.4 Å². The molecule has 3 nitrogen and oxygen atoms in total. The van der Waals surface area contributed by atoms with Crippen LogP contribution in [-0.4, -0.2) is 9.97 Å². The van der Waals surface area contributed by atoms with E-state index >= 15 is 0 Å². The Hall–Kier alpha value is -7.62. The van der Waals surface area contributed by atoms with Gasteiger partial charge in [-0.3, -0.25) is 4.98 Å². The van der Waals surface area contributed by atoms with Crippen molar-refractivity contribution in [2.45, 2.75) is 0 Å². The standard InChI is InChI=1S/C54H32N2O/c1-2-15-44-42(13-1)43-14-3-4-16-45(43)49-32-37(23-25-46(44)49)35-10-7-11-36(28-35)38-29-39(41-18-8-19-48-47-17-5-6-20-51(47)57-54(41)48)31-40(30-38)50-26-24-34-22-21-33-12-9-27-55-52(33)53(34)56-50/h1-32H. The predicted octanol–water partition coefficient (Wildman–Crippen LogP) is 14.8. The van der Waals surface area contributed by atoms with Gasteiger partial charge in [0.1, 0.15) is 11.2 Å². The second-order valence-electron chi connectivity index (χ2n) is 14.9. The average molecular weight is 725 g/mol. The van der Waals surface area contributed by atoms with Crippen molar-refractivity contribution in [1.29, 1.82) is 0 Å². The molecule has 3 heteroatoms. The van der Waals surface area contributed by atoms with E-state index in [1.54, 1.807) is 0 Å². The maximum Gasteiger partial charge on any atom is 0.143 e. The number of rotatable bonds is 4. The molecule has 12 aromatic rings. The van der Waals surface area contributed by atoms with Crippen LogP contribution >= 0.6 is 0 Å². The van der Waals surface area contributed by atoms with Gasteiger partial charge in [0.15, 0.2) is 0 Å². The zero-order valence-electron chi connectivity index (χ0n) is 30.8. The molecule has 0 aliphatic heterocycles. The molecule has 0 amide bonds. The Kier molecular flexibility index (Phi) is 6.93. The van der Waals surface area contributed by atoms with Gasteiger partial charge in [-0.2, -0.15) is 0 Å². The Balaban J connectivity index is 1.06. The minimum absolute atomic E-state index is 0.883. The van der Waals surface area contributed by atoms with Gasteiger partial charge in [-0.05, 0) is 109 Å². The highest BCUT2D eigenvalue weighted by Gasteiger charge is 2.16. The van der Waals surface area contributed by atoms with Crippen LogP contribution in [0.5, 0.6) is 0 Å². The molecule has 0 saturated heterocycles. The fraction of sp³-hybridized carbons (Fsp3) is 0. The molecule has 0 aliphatic rings. The number of para-hydroxylation sites is 2. The topological polar surface area (TPSA) is 38.9 Å². The average Bonchev–Trinajstić information content (AvgIpc) is 3.68. The molecule has 0 radical (unpaired) electrons. The largest absolute Gasteiger partial charge is 0.455 e. The van der Waals surface area contributed by atoms with Crippen LogP contribution in [0.15, 0.2) is 199 Å². The number of furan rings is 1. The van der Waals surface area contributed by atoms with Gasteiger partial charge in [0.25, 0.3) is 0 Å². The smallest absolute Gasteiger partial charge is 0.143 e. The monoisotopic (exact) mass is 724 g/mol. The number of nitrogens with zero attached hydrogens (tertiary/aromatic N) is 2. The third-order valence-corrected chi connectivity index (χ3v) is 11.6. The van der Waals surface area contributed by atoms with E-state index in [4.69, 9.17) is 14.4 Å². The molecule has 3 aromatic heterocycles. The van der Waals surface area contributed by atoms with Crippen molar-refractivity contribution < 1.29 is 4.42 Å². The van der Waals surface area contributed by atoms with E-state index in [-0.39, 0.29) is 0 Å². The van der Waals surface area contributed by atoms with Gasteiger partial charge >= 0.3 is 0 Å². The third kappa shape index (κ3) is 5.06. The van der Waals surface area contributed by atoms with Gasteiger partial charge < -0.3 is 4.42 Å². The maximum absolute atomic E-state index is 6.58. The molecule has 9 aromatic carbocycles. The first-order chi connectivity index (χ1) is 28.2. The van der Waals surface area contributed by atoms with Crippen LogP contribution in [0.25, 0.3) is 121 Å². The fourth-order valence-electron chi connectivity index (χ4n) is 8.92. The lowest BCUT2D eigenvalue weighted by molar-refractivity contribution is 0.670. The summed E-state index contributed by atoms with van der Waals surface area (Å²) in [6, 6.07) is 67.5. The van der Waals surface area contributed by atoms with Gasteiger partial charge in [-0.15, -0.1) is 0 Å². The normalized spacial score (nSPS) is 11.9. The lowest BCUT2D eigenvalue weighted by Gasteiger charge is -2.14. The minimum Gasteiger partial charge on any atom is -0.455 e. The molecule has 0 bridgehead atoms. The minimum atomic E-state index is 0.883. The zero-order valence-corrected chi connectivity index (χ0v) is 30.8. The summed E-state index contributed by atoms with van der Waals surface area (Å²) in [5, 5.41) is 12.0. The molecular weight excluding hydrogens is 693 g/mol. The molecule has 0 fully saturated rings. The Morgan fingerprint density at radius 1 is 0.333 bits per heavy atom. The van der Waals surface area contributed by atoms with Gasteiger partial charge in [-0.25, -0.2) is 4.98 Å². The zero-order chi connectivity index (χ0) is 37.5. The summed E-state index contributed by atoms with van der Waals surface area (Å²) < 4.78 is 6.58. The molecule has 264 valence electrons. The maximum atomic E-state index is 6.58. The summed E-state index contributed by atoms with van der Waals surface area (Å²) in [4.78, 5) is 10.0. The number of fused-ring (bicyclic) bond motifs is 12. The summed E-state index contributed by atoms with van der Waals surface area (Å²) in [6.45, 7) is 0. The van der Waals surface area contributed by atoms with E-state index in [2.05, 4.69) is 170 Å². The first-order valence-corrected chi connectivity index (χ1v) is 19.4. The van der Waals surface area contributed by atoms with E-state index in [9.17, 15) is 0 Å². The van der Waals surface area contributed by atoms with Gasteiger partial charge in [0, 0.05) is 38.9 Å². The molecule has 0 aliphatic carbocycles. The number of pyridine rings is 2. The van der Waals surface area contributed by atoms with Crippen LogP contribution in [-0.2, 0) is 0 Å². The molecular formula is C54H32N2O. The highest BCUT2D eigenvalue weighted by molar-refractivity contribution is 6.25. The highest BCUT2D eigenvalue weighted by atomic mass is 16.3. The summed E-state index contributed by atoms with van der Waals surface area (Å²) in [6.07, 6.45) is 1.84. The molecule has 3 heterocycles. The van der Waals surface area contributed by atoms with Crippen molar-refractivity contribution in [3.05, 3.63) is 194 Å². The van der Waals surface area contributed by atoms with Crippen LogP contribution in [0, 0.1) is 0 Å². The van der Waals surface area contributed by atoms with E-state index < -0.39 is 0 Å². The summed E-state index contributed by atoms with van der Waals surface area (Å²) in [5.74, 6) is 0. The van der Waals surface area contributed by atoms with Gasteiger partial charge in [0.2, 0.25) is 0 Å². The summed E-state index contributed by atoms with van der Waals surface area (Å²) in [7, 11) is 0. The lowest BCUT2D eigenvalue weighted by Crippen LogP contribution is -1.91. The number of benzene rings is 9. The van der Waals surface area contributed by atoms with E-state index in [0.717, 1.165) is 77.3 Å². The van der Waals surface area contributed by atoms with Crippen molar-refractivity contribution in [3.63, 3.8) is 0 Å². The molecule has 12 rings (SSSR count). The van der Waals surface area contributed by atoms with Crippen molar-refractivity contribution in [3.8, 4) is 44.6 Å². The molecule has 0 unspecified atom stereocenters. The van der Waals surface area contributed by atoms with Crippen molar-refractivity contribution in [1.82, 2.24) is 9.97 Å². The third-order valence-electron chi connectivity index (χ3n) is 11.6. The van der Waals surface area contributed by atoms with Crippen molar-refractivity contribution in [2.24, 2.45) is 0 Å². The first-order valence-electron chi connectivity index (χ1n) is 19.4. The highest BCUT2D eigenvalue weighted by Crippen LogP contribution is 2.41. The Morgan fingerprint density at radius 2 is 0.912 bits per heavy atom. The summed E-state index contributed by atoms with van der Waals surface area (Å²) >= 11 is 0. The van der Waals surface area contributed by atoms with Crippen LogP contribution in [0.1, 0.15) is 0 Å². The Labute approximate surface area is 328 Å². The molecule has 0 spiro atoms. The van der Waals surface area contributed by atoms with E-state index in [1.165, 1.54) is 43.4 Å². The lowest BCUT2D eigenvalue weighted by atomic mass is 9.90. The summed E-state index contributed by atoms with van der Waals surface area (Å²) in [5.41, 5.74) is 12.2. The van der Waals surface area contributed by atoms with Crippen LogP contribution in [0.4, 0.5) is 0 Å². The predicted molar refractivity (Wildman–Crippen MR) is 239 cm³/mol. The fourth-order valence-corrected chi connectivity index (χ4v) is 8.92. The molecule has 0 N–H and O–H groups in total. The number of hydrogen-bond donors (Lipinski definition) is 0. The molecule has 57 heavy (non-hydrogen) atoms. The van der Waals surface area contributed by atoms with Gasteiger partial charge in [-0.1, -0.05) is 140 Å². The Morgan fingerprint density at radius 3 is 1.72 bits per heavy atom.